The second kappa shape index (κ2) is 6.60. The van der Waals surface area contributed by atoms with Crippen LogP contribution in [0.4, 0.5) is 13.2 Å². The van der Waals surface area contributed by atoms with Gasteiger partial charge in [-0.15, -0.1) is 11.3 Å². The molecule has 1 aromatic heterocycles. The second-order valence-electron chi connectivity index (χ2n) is 4.28. The zero-order valence-corrected chi connectivity index (χ0v) is 11.7. The van der Waals surface area contributed by atoms with Crippen LogP contribution in [0, 0.1) is 0 Å². The molecule has 1 heterocycles. The first-order chi connectivity index (χ1) is 10.0. The largest absolute Gasteiger partial charge is 0.416 e. The van der Waals surface area contributed by atoms with Crippen molar-refractivity contribution in [2.24, 2.45) is 5.11 Å². The number of hydrogen-bond acceptors (Lipinski definition) is 3. The fourth-order valence-corrected chi connectivity index (χ4v) is 2.59. The van der Waals surface area contributed by atoms with E-state index in [1.165, 1.54) is 23.5 Å². The molecule has 0 aliphatic heterocycles. The zero-order chi connectivity index (χ0) is 15.3. The van der Waals surface area contributed by atoms with Crippen molar-refractivity contribution in [3.63, 3.8) is 0 Å². The van der Waals surface area contributed by atoms with Gasteiger partial charge in [-0.05, 0) is 30.5 Å². The van der Waals surface area contributed by atoms with Crippen molar-refractivity contribution in [3.05, 3.63) is 51.3 Å². The summed E-state index contributed by atoms with van der Waals surface area (Å²) in [6.45, 7) is 0.406. The zero-order valence-electron chi connectivity index (χ0n) is 10.8. The minimum absolute atomic E-state index is 0.406. The first-order valence-corrected chi connectivity index (χ1v) is 7.01. The smallest absolute Gasteiger partial charge is 0.241 e. The van der Waals surface area contributed by atoms with Gasteiger partial charge in [-0.3, -0.25) is 0 Å². The normalized spacial score (nSPS) is 11.2. The Balaban J connectivity index is 2.05. The predicted octanol–water partition coefficient (Wildman–Crippen LogP) is 5.07. The van der Waals surface area contributed by atoms with E-state index in [0.717, 1.165) is 17.8 Å². The number of thiazole rings is 1. The molecule has 0 aliphatic carbocycles. The van der Waals surface area contributed by atoms with E-state index in [1.807, 2.05) is 5.38 Å². The first-order valence-electron chi connectivity index (χ1n) is 6.13. The molecule has 0 unspecified atom stereocenters. The molecule has 0 atom stereocenters. The van der Waals surface area contributed by atoms with Crippen LogP contribution in [0.5, 0.6) is 0 Å². The molecule has 0 saturated heterocycles. The molecule has 0 amide bonds. The maximum Gasteiger partial charge on any atom is 0.416 e. The number of hydrogen-bond donors (Lipinski definition) is 0. The molecule has 4 nitrogen and oxygen atoms in total. The van der Waals surface area contributed by atoms with Crippen LogP contribution in [0.2, 0.25) is 0 Å². The summed E-state index contributed by atoms with van der Waals surface area (Å²) in [4.78, 5) is 7.04. The highest BCUT2D eigenvalue weighted by Gasteiger charge is 2.30. The topological polar surface area (TPSA) is 61.7 Å². The molecule has 21 heavy (non-hydrogen) atoms. The van der Waals surface area contributed by atoms with Crippen LogP contribution >= 0.6 is 11.3 Å². The van der Waals surface area contributed by atoms with E-state index in [9.17, 15) is 13.2 Å². The summed E-state index contributed by atoms with van der Waals surface area (Å²) in [7, 11) is 0. The third-order valence-electron chi connectivity index (χ3n) is 2.77. The minimum atomic E-state index is -4.33. The monoisotopic (exact) mass is 312 g/mol. The molecule has 2 rings (SSSR count). The molecular weight excluding hydrogens is 301 g/mol. The number of nitrogens with zero attached hydrogens (tertiary/aromatic N) is 4. The van der Waals surface area contributed by atoms with Crippen LogP contribution in [0.1, 0.15) is 17.7 Å². The standard InChI is InChI=1S/C13H11F3N4S/c14-13(15,16)10-5-3-9(4-6-10)12-19-11(8-21-12)2-1-7-18-20-17/h3-6,8H,1-2,7H2. The quantitative estimate of drug-likeness (QED) is 0.329. The number of azide groups is 1. The van der Waals surface area contributed by atoms with Gasteiger partial charge in [0.2, 0.25) is 0 Å². The summed E-state index contributed by atoms with van der Waals surface area (Å²) in [5.74, 6) is 0. The molecule has 8 heteroatoms. The van der Waals surface area contributed by atoms with Crippen LogP contribution in [-0.4, -0.2) is 11.5 Å². The maximum absolute atomic E-state index is 12.5. The Kier molecular flexibility index (Phi) is 4.82. The molecule has 0 bridgehead atoms. The van der Waals surface area contributed by atoms with Crippen molar-refractivity contribution in [3.8, 4) is 10.6 Å². The van der Waals surface area contributed by atoms with Gasteiger partial charge in [-0.25, -0.2) is 4.98 Å². The van der Waals surface area contributed by atoms with Crippen molar-refractivity contribution in [1.29, 1.82) is 0 Å². The first kappa shape index (κ1) is 15.3. The van der Waals surface area contributed by atoms with Gasteiger partial charge in [0.25, 0.3) is 0 Å². The molecule has 1 aromatic carbocycles. The number of rotatable bonds is 5. The number of aryl methyl sites for hydroxylation is 1. The number of alkyl halides is 3. The van der Waals surface area contributed by atoms with Crippen molar-refractivity contribution < 1.29 is 13.2 Å². The summed E-state index contributed by atoms with van der Waals surface area (Å²) in [6, 6.07) is 4.95. The van der Waals surface area contributed by atoms with Gasteiger partial charge in [-0.2, -0.15) is 13.2 Å². The van der Waals surface area contributed by atoms with Gasteiger partial charge in [-0.1, -0.05) is 17.2 Å². The van der Waals surface area contributed by atoms with Crippen LogP contribution < -0.4 is 0 Å². The van der Waals surface area contributed by atoms with Gasteiger partial charge >= 0.3 is 6.18 Å². The molecule has 0 radical (unpaired) electrons. The van der Waals surface area contributed by atoms with E-state index in [2.05, 4.69) is 15.0 Å². The lowest BCUT2D eigenvalue weighted by molar-refractivity contribution is -0.137. The molecular formula is C13H11F3N4S. The average Bonchev–Trinajstić information content (AvgIpc) is 2.92. The number of aromatic nitrogens is 1. The summed E-state index contributed by atoms with van der Waals surface area (Å²) in [5.41, 5.74) is 9.00. The van der Waals surface area contributed by atoms with E-state index in [-0.39, 0.29) is 0 Å². The predicted molar refractivity (Wildman–Crippen MR) is 74.9 cm³/mol. The van der Waals surface area contributed by atoms with Crippen molar-refractivity contribution in [1.82, 2.24) is 4.98 Å². The minimum Gasteiger partial charge on any atom is -0.241 e. The van der Waals surface area contributed by atoms with Crippen molar-refractivity contribution in [2.75, 3.05) is 6.54 Å². The average molecular weight is 312 g/mol. The molecule has 110 valence electrons. The molecule has 0 spiro atoms. The lowest BCUT2D eigenvalue weighted by Crippen LogP contribution is -2.03. The Morgan fingerprint density at radius 1 is 1.24 bits per heavy atom. The molecule has 2 aromatic rings. The molecule has 0 fully saturated rings. The van der Waals surface area contributed by atoms with Gasteiger partial charge in [0, 0.05) is 22.4 Å². The van der Waals surface area contributed by atoms with Crippen molar-refractivity contribution in [2.45, 2.75) is 19.0 Å². The van der Waals surface area contributed by atoms with Crippen molar-refractivity contribution >= 4 is 11.3 Å². The van der Waals surface area contributed by atoms with E-state index >= 15 is 0 Å². The van der Waals surface area contributed by atoms with Crippen LogP contribution in [0.25, 0.3) is 21.0 Å². The van der Waals surface area contributed by atoms with Gasteiger partial charge in [0.15, 0.2) is 0 Å². The molecule has 0 aliphatic rings. The summed E-state index contributed by atoms with van der Waals surface area (Å²) >= 11 is 1.38. The fraction of sp³-hybridized carbons (Fsp3) is 0.308. The lowest BCUT2D eigenvalue weighted by Gasteiger charge is -2.06. The summed E-state index contributed by atoms with van der Waals surface area (Å²) in [6.07, 6.45) is -2.95. The van der Waals surface area contributed by atoms with Crippen LogP contribution in [0.15, 0.2) is 34.8 Å². The van der Waals surface area contributed by atoms with Gasteiger partial charge < -0.3 is 0 Å². The Morgan fingerprint density at radius 3 is 2.57 bits per heavy atom. The Hall–Kier alpha value is -2.05. The maximum atomic E-state index is 12.5. The highest BCUT2D eigenvalue weighted by Crippen LogP contribution is 2.31. The van der Waals surface area contributed by atoms with E-state index < -0.39 is 11.7 Å². The lowest BCUT2D eigenvalue weighted by atomic mass is 10.1. The van der Waals surface area contributed by atoms with E-state index in [1.54, 1.807) is 0 Å². The highest BCUT2D eigenvalue weighted by atomic mass is 32.1. The third kappa shape index (κ3) is 4.21. The number of halogens is 3. The second-order valence-corrected chi connectivity index (χ2v) is 5.14. The summed E-state index contributed by atoms with van der Waals surface area (Å²) in [5, 5.41) is 5.98. The Morgan fingerprint density at radius 2 is 1.95 bits per heavy atom. The molecule has 0 N–H and O–H groups in total. The van der Waals surface area contributed by atoms with E-state index in [4.69, 9.17) is 5.53 Å². The highest BCUT2D eigenvalue weighted by molar-refractivity contribution is 7.13. The number of benzene rings is 1. The molecule has 0 saturated carbocycles. The Labute approximate surface area is 122 Å². The van der Waals surface area contributed by atoms with Gasteiger partial charge in [0.05, 0.1) is 11.3 Å². The Bertz CT molecular complexity index is 642. The van der Waals surface area contributed by atoms with E-state index in [0.29, 0.717) is 30.0 Å². The van der Waals surface area contributed by atoms with Crippen LogP contribution in [-0.2, 0) is 12.6 Å². The SMILES string of the molecule is [N-]=[N+]=NCCCc1csc(-c2ccc(C(F)(F)F)cc2)n1. The third-order valence-corrected chi connectivity index (χ3v) is 3.71. The van der Waals surface area contributed by atoms with Crippen LogP contribution in [0.3, 0.4) is 0 Å². The summed E-state index contributed by atoms with van der Waals surface area (Å²) < 4.78 is 37.4. The van der Waals surface area contributed by atoms with Gasteiger partial charge in [0.1, 0.15) is 5.01 Å². The fourth-order valence-electron chi connectivity index (χ4n) is 1.73.